The summed E-state index contributed by atoms with van der Waals surface area (Å²) >= 11 is 1.10. The van der Waals surface area contributed by atoms with Crippen LogP contribution in [0.15, 0.2) is 75.1 Å². The number of thiophene rings is 1. The van der Waals surface area contributed by atoms with E-state index in [2.05, 4.69) is 4.72 Å². The highest BCUT2D eigenvalue weighted by Crippen LogP contribution is 2.34. The zero-order valence-corrected chi connectivity index (χ0v) is 17.5. The van der Waals surface area contributed by atoms with Crippen LogP contribution in [0.25, 0.3) is 0 Å². The number of sulfone groups is 1. The van der Waals surface area contributed by atoms with Crippen LogP contribution in [-0.2, 0) is 19.9 Å². The van der Waals surface area contributed by atoms with E-state index in [1.807, 2.05) is 0 Å². The van der Waals surface area contributed by atoms with Gasteiger partial charge >= 0.3 is 0 Å². The van der Waals surface area contributed by atoms with E-state index in [-0.39, 0.29) is 22.4 Å². The van der Waals surface area contributed by atoms with Gasteiger partial charge in [0.05, 0.1) is 4.90 Å². The largest absolute Gasteiger partial charge is 0.454 e. The molecular weight excluding hydrogens is 434 g/mol. The third-order valence-electron chi connectivity index (χ3n) is 4.43. The number of hydrogen-bond donors (Lipinski definition) is 1. The molecule has 0 saturated carbocycles. The molecule has 3 aromatic rings. The minimum absolute atomic E-state index is 0.0258. The smallest absolute Gasteiger partial charge is 0.240 e. The van der Waals surface area contributed by atoms with Gasteiger partial charge < -0.3 is 9.47 Å². The van der Waals surface area contributed by atoms with Crippen molar-refractivity contribution >= 4 is 31.2 Å². The summed E-state index contributed by atoms with van der Waals surface area (Å²) in [5, 5.41) is 0.609. The minimum Gasteiger partial charge on any atom is -0.454 e. The van der Waals surface area contributed by atoms with Gasteiger partial charge in [0.15, 0.2) is 21.3 Å². The Balaban J connectivity index is 1.63. The monoisotopic (exact) mass is 451 g/mol. The summed E-state index contributed by atoms with van der Waals surface area (Å²) in [6.07, 6.45) is 0. The quantitative estimate of drug-likeness (QED) is 0.593. The van der Waals surface area contributed by atoms with Crippen molar-refractivity contribution in [2.45, 2.75) is 14.4 Å². The fourth-order valence-electron chi connectivity index (χ4n) is 2.95. The molecule has 4 rings (SSSR count). The van der Waals surface area contributed by atoms with Gasteiger partial charge in [-0.15, -0.1) is 11.3 Å². The first-order valence-corrected chi connectivity index (χ1v) is 12.5. The van der Waals surface area contributed by atoms with Gasteiger partial charge in [0, 0.05) is 12.6 Å². The average Bonchev–Trinajstić information content (AvgIpc) is 3.40. The summed E-state index contributed by atoms with van der Waals surface area (Å²) in [6, 6.07) is 16.0. The molecule has 2 heterocycles. The van der Waals surface area contributed by atoms with Crippen molar-refractivity contribution in [3.63, 3.8) is 0 Å². The first-order chi connectivity index (χ1) is 13.9. The van der Waals surface area contributed by atoms with Crippen LogP contribution in [-0.4, -0.2) is 30.2 Å². The number of hydrogen-bond acceptors (Lipinski definition) is 7. The molecule has 0 radical (unpaired) electrons. The molecular formula is C19H17NO6S3. The van der Waals surface area contributed by atoms with Gasteiger partial charge in [-0.05, 0) is 29.1 Å². The van der Waals surface area contributed by atoms with Crippen LogP contribution in [0.4, 0.5) is 0 Å². The van der Waals surface area contributed by atoms with Gasteiger partial charge in [0.1, 0.15) is 9.46 Å². The van der Waals surface area contributed by atoms with E-state index in [1.54, 1.807) is 41.8 Å². The number of rotatable bonds is 7. The van der Waals surface area contributed by atoms with E-state index in [1.165, 1.54) is 24.3 Å². The lowest BCUT2D eigenvalue weighted by molar-refractivity contribution is 0.174. The molecule has 0 amide bonds. The van der Waals surface area contributed by atoms with Crippen molar-refractivity contribution in [2.75, 3.05) is 13.3 Å². The molecule has 152 valence electrons. The Hall–Kier alpha value is -2.40. The third kappa shape index (κ3) is 4.01. The Kier molecular flexibility index (Phi) is 5.34. The lowest BCUT2D eigenvalue weighted by atomic mass is 10.1. The van der Waals surface area contributed by atoms with Crippen molar-refractivity contribution < 1.29 is 26.3 Å². The Morgan fingerprint density at radius 3 is 2.41 bits per heavy atom. The predicted molar refractivity (Wildman–Crippen MR) is 108 cm³/mol. The highest BCUT2D eigenvalue weighted by Gasteiger charge is 2.31. The Bertz CT molecular complexity index is 1210. The van der Waals surface area contributed by atoms with Crippen LogP contribution >= 0.6 is 11.3 Å². The maximum atomic E-state index is 13.1. The van der Waals surface area contributed by atoms with Crippen molar-refractivity contribution in [2.24, 2.45) is 0 Å². The van der Waals surface area contributed by atoms with Gasteiger partial charge in [-0.25, -0.2) is 21.6 Å². The summed E-state index contributed by atoms with van der Waals surface area (Å²) < 4.78 is 64.9. The van der Waals surface area contributed by atoms with E-state index < -0.39 is 25.1 Å². The van der Waals surface area contributed by atoms with E-state index >= 15 is 0 Å². The van der Waals surface area contributed by atoms with Crippen LogP contribution in [0.5, 0.6) is 11.5 Å². The van der Waals surface area contributed by atoms with Crippen LogP contribution in [0.1, 0.15) is 10.8 Å². The molecule has 1 atom stereocenters. The lowest BCUT2D eigenvalue weighted by Gasteiger charge is -2.18. The highest BCUT2D eigenvalue weighted by atomic mass is 32.2. The summed E-state index contributed by atoms with van der Waals surface area (Å²) in [5.41, 5.74) is 0.509. The topological polar surface area (TPSA) is 98.8 Å². The van der Waals surface area contributed by atoms with Gasteiger partial charge in [-0.2, -0.15) is 0 Å². The average molecular weight is 452 g/mol. The number of nitrogens with one attached hydrogen (secondary N) is 1. The number of fused-ring (bicyclic) bond motifs is 1. The maximum absolute atomic E-state index is 13.1. The SMILES string of the molecule is O=S(=O)(NCC(c1ccccc1)S(=O)(=O)c1cccs1)c1ccc2c(c1)OCO2. The second-order valence-corrected chi connectivity index (χ2v) is 11.3. The summed E-state index contributed by atoms with van der Waals surface area (Å²) in [4.78, 5) is -0.0258. The Labute approximate surface area is 172 Å². The van der Waals surface area contributed by atoms with Gasteiger partial charge in [0.2, 0.25) is 16.8 Å². The first-order valence-electron chi connectivity index (χ1n) is 8.59. The molecule has 2 aromatic carbocycles. The third-order valence-corrected chi connectivity index (χ3v) is 9.39. The molecule has 1 unspecified atom stereocenters. The second-order valence-electron chi connectivity index (χ2n) is 6.24. The molecule has 1 aliphatic heterocycles. The van der Waals surface area contributed by atoms with Crippen molar-refractivity contribution in [1.29, 1.82) is 0 Å². The number of benzene rings is 2. The first kappa shape index (κ1) is 19.9. The fraction of sp³-hybridized carbons (Fsp3) is 0.158. The van der Waals surface area contributed by atoms with Crippen LogP contribution in [0, 0.1) is 0 Å². The minimum atomic E-state index is -3.96. The predicted octanol–water partition coefficient (Wildman–Crippen LogP) is 2.97. The van der Waals surface area contributed by atoms with Crippen LogP contribution < -0.4 is 14.2 Å². The Morgan fingerprint density at radius 1 is 0.931 bits per heavy atom. The standard InChI is InChI=1S/C19H17NO6S3/c21-28(22,19-7-4-10-27-19)18(14-5-2-1-3-6-14)12-20-29(23,24)15-8-9-16-17(11-15)26-13-25-16/h1-11,18,20H,12-13H2. The molecule has 0 aliphatic carbocycles. The Morgan fingerprint density at radius 2 is 1.69 bits per heavy atom. The lowest BCUT2D eigenvalue weighted by Crippen LogP contribution is -2.31. The van der Waals surface area contributed by atoms with Crippen LogP contribution in [0.2, 0.25) is 0 Å². The fourth-order valence-corrected chi connectivity index (χ4v) is 6.99. The van der Waals surface area contributed by atoms with Gasteiger partial charge in [-0.3, -0.25) is 0 Å². The molecule has 1 aliphatic rings. The summed E-state index contributed by atoms with van der Waals surface area (Å²) in [5.74, 6) is 0.796. The van der Waals surface area contributed by atoms with Crippen molar-refractivity contribution in [3.05, 3.63) is 71.6 Å². The summed E-state index contributed by atoms with van der Waals surface area (Å²) in [7, 11) is -7.74. The zero-order valence-electron chi connectivity index (χ0n) is 15.0. The van der Waals surface area contributed by atoms with Crippen molar-refractivity contribution in [1.82, 2.24) is 4.72 Å². The normalized spacial score (nSPS) is 14.6. The maximum Gasteiger partial charge on any atom is 0.240 e. The van der Waals surface area contributed by atoms with Gasteiger partial charge in [0.25, 0.3) is 0 Å². The molecule has 7 nitrogen and oxygen atoms in total. The molecule has 1 N–H and O–H groups in total. The molecule has 0 spiro atoms. The molecule has 0 fully saturated rings. The molecule has 0 bridgehead atoms. The molecule has 10 heteroatoms. The van der Waals surface area contributed by atoms with E-state index in [9.17, 15) is 16.8 Å². The van der Waals surface area contributed by atoms with E-state index in [4.69, 9.17) is 9.47 Å². The van der Waals surface area contributed by atoms with Crippen LogP contribution in [0.3, 0.4) is 0 Å². The van der Waals surface area contributed by atoms with Crippen molar-refractivity contribution in [3.8, 4) is 11.5 Å². The number of sulfonamides is 1. The summed E-state index contributed by atoms with van der Waals surface area (Å²) in [6.45, 7) is -0.275. The molecule has 1 aromatic heterocycles. The van der Waals surface area contributed by atoms with Gasteiger partial charge in [-0.1, -0.05) is 36.4 Å². The van der Waals surface area contributed by atoms with E-state index in [0.29, 0.717) is 17.1 Å². The zero-order chi connectivity index (χ0) is 20.5. The molecule has 29 heavy (non-hydrogen) atoms. The highest BCUT2D eigenvalue weighted by molar-refractivity contribution is 7.93. The van der Waals surface area contributed by atoms with E-state index in [0.717, 1.165) is 11.3 Å². The number of ether oxygens (including phenoxy) is 2. The molecule has 0 saturated heterocycles. The second kappa shape index (κ2) is 7.79.